The number of hydrogen-bond acceptors (Lipinski definition) is 4. The van der Waals surface area contributed by atoms with Crippen LogP contribution in [0, 0.1) is 0 Å². The van der Waals surface area contributed by atoms with Gasteiger partial charge in [0.05, 0.1) is 0 Å². The molecule has 0 saturated carbocycles. The van der Waals surface area contributed by atoms with Crippen molar-refractivity contribution >= 4 is 0 Å². The average Bonchev–Trinajstić information content (AvgIpc) is 2.64. The third kappa shape index (κ3) is 4.87. The molecule has 1 aliphatic rings. The molecule has 24 heavy (non-hydrogen) atoms. The highest BCUT2D eigenvalue weighted by Crippen LogP contribution is 2.21. The highest BCUT2D eigenvalue weighted by molar-refractivity contribution is 5.19. The van der Waals surface area contributed by atoms with Crippen molar-refractivity contribution in [1.29, 1.82) is 0 Å². The summed E-state index contributed by atoms with van der Waals surface area (Å²) in [6.07, 6.45) is 6.80. The molecule has 0 unspecified atom stereocenters. The van der Waals surface area contributed by atoms with Crippen LogP contribution in [-0.4, -0.2) is 40.7 Å². The van der Waals surface area contributed by atoms with E-state index in [0.717, 1.165) is 38.9 Å². The molecule has 1 saturated heterocycles. The minimum absolute atomic E-state index is 0.216. The lowest BCUT2D eigenvalue weighted by atomic mass is 9.99. The number of rotatable bonds is 7. The molecule has 1 fully saturated rings. The summed E-state index contributed by atoms with van der Waals surface area (Å²) < 4.78 is 0. The van der Waals surface area contributed by atoms with Crippen molar-refractivity contribution in [2.75, 3.05) is 19.7 Å². The molecule has 1 aliphatic heterocycles. The van der Waals surface area contributed by atoms with Crippen LogP contribution in [0.25, 0.3) is 0 Å². The summed E-state index contributed by atoms with van der Waals surface area (Å²) in [6.45, 7) is 3.45. The van der Waals surface area contributed by atoms with Gasteiger partial charge in [-0.2, -0.15) is 0 Å². The molecule has 1 aromatic heterocycles. The zero-order valence-corrected chi connectivity index (χ0v) is 14.1. The van der Waals surface area contributed by atoms with Crippen LogP contribution < -0.4 is 5.32 Å². The Balaban J connectivity index is 1.50. The van der Waals surface area contributed by atoms with Gasteiger partial charge in [-0.1, -0.05) is 30.3 Å². The van der Waals surface area contributed by atoms with E-state index in [-0.39, 0.29) is 12.6 Å². The molecule has 2 heterocycles. The lowest BCUT2D eigenvalue weighted by Crippen LogP contribution is -2.43. The van der Waals surface area contributed by atoms with E-state index in [1.807, 2.05) is 18.5 Å². The van der Waals surface area contributed by atoms with Crippen molar-refractivity contribution in [3.63, 3.8) is 0 Å². The molecule has 1 atom stereocenters. The third-order valence-electron chi connectivity index (χ3n) is 4.80. The zero-order chi connectivity index (χ0) is 16.6. The number of pyridine rings is 1. The second-order valence-corrected chi connectivity index (χ2v) is 6.55. The van der Waals surface area contributed by atoms with Gasteiger partial charge in [-0.25, -0.2) is 0 Å². The largest absolute Gasteiger partial charge is 0.396 e. The number of aromatic nitrogens is 1. The molecule has 2 N–H and O–H groups in total. The average molecular weight is 325 g/mol. The van der Waals surface area contributed by atoms with Gasteiger partial charge in [0.1, 0.15) is 0 Å². The third-order valence-corrected chi connectivity index (χ3v) is 4.80. The standard InChI is InChI=1S/C20H27N3O/c24-15-10-20(18-4-2-1-3-5-18)22-19-8-13-23(14-9-19)16-17-6-11-21-12-7-17/h1-7,11-12,19-20,22,24H,8-10,13-16H2/t20-/m1/s1. The molecule has 3 rings (SSSR count). The Morgan fingerprint density at radius 2 is 1.79 bits per heavy atom. The van der Waals surface area contributed by atoms with Crippen LogP contribution in [0.4, 0.5) is 0 Å². The number of benzene rings is 1. The van der Waals surface area contributed by atoms with E-state index < -0.39 is 0 Å². The normalized spacial score (nSPS) is 17.7. The first-order valence-corrected chi connectivity index (χ1v) is 8.88. The molecule has 4 heteroatoms. The zero-order valence-electron chi connectivity index (χ0n) is 14.1. The Kier molecular flexibility index (Phi) is 6.35. The fraction of sp³-hybridized carbons (Fsp3) is 0.450. The maximum atomic E-state index is 9.38. The number of aliphatic hydroxyl groups is 1. The number of piperidine rings is 1. The van der Waals surface area contributed by atoms with Crippen LogP contribution in [-0.2, 0) is 6.54 Å². The quantitative estimate of drug-likeness (QED) is 0.822. The second-order valence-electron chi connectivity index (χ2n) is 6.55. The topological polar surface area (TPSA) is 48.4 Å². The van der Waals surface area contributed by atoms with Crippen molar-refractivity contribution in [1.82, 2.24) is 15.2 Å². The minimum Gasteiger partial charge on any atom is -0.396 e. The highest BCUT2D eigenvalue weighted by atomic mass is 16.3. The maximum absolute atomic E-state index is 9.38. The van der Waals surface area contributed by atoms with E-state index in [1.54, 1.807) is 0 Å². The van der Waals surface area contributed by atoms with Crippen LogP contribution in [0.5, 0.6) is 0 Å². The molecule has 0 spiro atoms. The van der Waals surface area contributed by atoms with Crippen molar-refractivity contribution < 1.29 is 5.11 Å². The van der Waals surface area contributed by atoms with Crippen LogP contribution in [0.15, 0.2) is 54.9 Å². The van der Waals surface area contributed by atoms with E-state index in [2.05, 4.69) is 51.6 Å². The number of nitrogens with one attached hydrogen (secondary N) is 1. The highest BCUT2D eigenvalue weighted by Gasteiger charge is 2.22. The number of aliphatic hydroxyl groups excluding tert-OH is 1. The van der Waals surface area contributed by atoms with Gasteiger partial charge in [-0.15, -0.1) is 0 Å². The van der Waals surface area contributed by atoms with E-state index in [4.69, 9.17) is 0 Å². The smallest absolute Gasteiger partial charge is 0.0449 e. The van der Waals surface area contributed by atoms with Crippen LogP contribution in [0.2, 0.25) is 0 Å². The molecule has 128 valence electrons. The van der Waals surface area contributed by atoms with E-state index in [1.165, 1.54) is 11.1 Å². The lowest BCUT2D eigenvalue weighted by molar-refractivity contribution is 0.177. The minimum atomic E-state index is 0.216. The second kappa shape index (κ2) is 8.92. The van der Waals surface area contributed by atoms with Gasteiger partial charge in [0.15, 0.2) is 0 Å². The lowest BCUT2D eigenvalue weighted by Gasteiger charge is -2.34. The monoisotopic (exact) mass is 325 g/mol. The molecule has 0 bridgehead atoms. The van der Waals surface area contributed by atoms with Gasteiger partial charge in [-0.05, 0) is 55.6 Å². The van der Waals surface area contributed by atoms with Gasteiger partial charge in [0, 0.05) is 37.6 Å². The fourth-order valence-electron chi connectivity index (χ4n) is 3.45. The molecular weight excluding hydrogens is 298 g/mol. The Morgan fingerprint density at radius 1 is 1.08 bits per heavy atom. The van der Waals surface area contributed by atoms with Gasteiger partial charge in [0.2, 0.25) is 0 Å². The van der Waals surface area contributed by atoms with Gasteiger partial charge < -0.3 is 10.4 Å². The summed E-state index contributed by atoms with van der Waals surface area (Å²) in [5.74, 6) is 0. The molecule has 0 amide bonds. The first-order chi connectivity index (χ1) is 11.8. The Morgan fingerprint density at radius 3 is 2.46 bits per heavy atom. The van der Waals surface area contributed by atoms with Crippen LogP contribution in [0.1, 0.15) is 36.4 Å². The van der Waals surface area contributed by atoms with Crippen LogP contribution in [0.3, 0.4) is 0 Å². The van der Waals surface area contributed by atoms with Gasteiger partial charge in [0.25, 0.3) is 0 Å². The number of nitrogens with zero attached hydrogens (tertiary/aromatic N) is 2. The van der Waals surface area contributed by atoms with E-state index in [0.29, 0.717) is 6.04 Å². The van der Waals surface area contributed by atoms with Gasteiger partial charge in [-0.3, -0.25) is 9.88 Å². The number of likely N-dealkylation sites (tertiary alicyclic amines) is 1. The maximum Gasteiger partial charge on any atom is 0.0449 e. The summed E-state index contributed by atoms with van der Waals surface area (Å²) >= 11 is 0. The predicted molar refractivity (Wildman–Crippen MR) is 96.6 cm³/mol. The van der Waals surface area contributed by atoms with E-state index >= 15 is 0 Å². The first kappa shape index (κ1) is 17.1. The van der Waals surface area contributed by atoms with Crippen molar-refractivity contribution in [3.05, 3.63) is 66.0 Å². The Labute approximate surface area is 144 Å². The van der Waals surface area contributed by atoms with Crippen molar-refractivity contribution in [2.24, 2.45) is 0 Å². The summed E-state index contributed by atoms with van der Waals surface area (Å²) in [4.78, 5) is 6.59. The molecule has 4 nitrogen and oxygen atoms in total. The molecule has 0 aliphatic carbocycles. The molecule has 2 aromatic rings. The summed E-state index contributed by atoms with van der Waals surface area (Å²) in [5, 5.41) is 13.1. The van der Waals surface area contributed by atoms with Crippen molar-refractivity contribution in [3.8, 4) is 0 Å². The first-order valence-electron chi connectivity index (χ1n) is 8.88. The SMILES string of the molecule is OCC[C@@H](NC1CCN(Cc2ccncc2)CC1)c1ccccc1. The Bertz CT molecular complexity index is 582. The van der Waals surface area contributed by atoms with Crippen LogP contribution >= 0.6 is 0 Å². The van der Waals surface area contributed by atoms with E-state index in [9.17, 15) is 5.11 Å². The predicted octanol–water partition coefficient (Wildman–Crippen LogP) is 2.76. The molecule has 0 radical (unpaired) electrons. The summed E-state index contributed by atoms with van der Waals surface area (Å²) in [7, 11) is 0. The summed E-state index contributed by atoms with van der Waals surface area (Å²) in [5.41, 5.74) is 2.60. The van der Waals surface area contributed by atoms with Gasteiger partial charge >= 0.3 is 0 Å². The molecule has 1 aromatic carbocycles. The Hall–Kier alpha value is -1.75. The molecular formula is C20H27N3O. The van der Waals surface area contributed by atoms with Crippen molar-refractivity contribution in [2.45, 2.75) is 37.9 Å². The fourth-order valence-corrected chi connectivity index (χ4v) is 3.45. The summed E-state index contributed by atoms with van der Waals surface area (Å²) in [6, 6.07) is 15.4. The number of hydrogen-bond donors (Lipinski definition) is 2.